The first-order valence-electron chi connectivity index (χ1n) is 5.32. The van der Waals surface area contributed by atoms with Crippen LogP contribution in [0.5, 0.6) is 0 Å². The zero-order valence-electron chi connectivity index (χ0n) is 9.86. The molecule has 0 aromatic rings. The summed E-state index contributed by atoms with van der Waals surface area (Å²) in [5.41, 5.74) is 0. The largest absolute Gasteiger partial charge is 0.480 e. The van der Waals surface area contributed by atoms with Gasteiger partial charge in [-0.15, -0.1) is 0 Å². The van der Waals surface area contributed by atoms with Crippen LogP contribution < -0.4 is 10.6 Å². The molecule has 16 heavy (non-hydrogen) atoms. The maximum absolute atomic E-state index is 11.5. The molecule has 6 nitrogen and oxygen atoms in total. The van der Waals surface area contributed by atoms with E-state index in [1.165, 1.54) is 6.92 Å². The molecule has 0 aromatic heterocycles. The fourth-order valence-electron chi connectivity index (χ4n) is 1.14. The van der Waals surface area contributed by atoms with Crippen LogP contribution in [0.1, 0.15) is 20.8 Å². The predicted molar refractivity (Wildman–Crippen MR) is 59.0 cm³/mol. The highest BCUT2D eigenvalue weighted by Crippen LogP contribution is 1.98. The minimum Gasteiger partial charge on any atom is -0.480 e. The van der Waals surface area contributed by atoms with E-state index in [4.69, 9.17) is 5.11 Å². The van der Waals surface area contributed by atoms with Gasteiger partial charge >= 0.3 is 5.97 Å². The van der Waals surface area contributed by atoms with Crippen molar-refractivity contribution in [2.45, 2.75) is 32.9 Å². The Balaban J connectivity index is 4.24. The Labute approximate surface area is 95.0 Å². The van der Waals surface area contributed by atoms with Crippen molar-refractivity contribution in [2.75, 3.05) is 13.1 Å². The van der Waals surface area contributed by atoms with Gasteiger partial charge in [-0.25, -0.2) is 4.79 Å². The van der Waals surface area contributed by atoms with Crippen molar-refractivity contribution in [1.82, 2.24) is 10.6 Å². The summed E-state index contributed by atoms with van der Waals surface area (Å²) in [5.74, 6) is -1.95. The highest BCUT2D eigenvalue weighted by Gasteiger charge is 2.26. The van der Waals surface area contributed by atoms with Gasteiger partial charge in [-0.1, -0.05) is 13.8 Å². The smallest absolute Gasteiger partial charge is 0.328 e. The van der Waals surface area contributed by atoms with Crippen LogP contribution in [0.25, 0.3) is 0 Å². The van der Waals surface area contributed by atoms with Crippen molar-refractivity contribution in [3.63, 3.8) is 0 Å². The molecule has 1 amide bonds. The molecule has 0 radical (unpaired) electrons. The number of carboxylic acid groups (broad SMARTS) is 1. The number of aliphatic carboxylic acids is 1. The third-order valence-corrected chi connectivity index (χ3v) is 2.19. The van der Waals surface area contributed by atoms with E-state index in [2.05, 4.69) is 10.6 Å². The number of amides is 1. The molecule has 0 fully saturated rings. The van der Waals surface area contributed by atoms with Gasteiger partial charge in [0.15, 0.2) is 6.04 Å². The number of nitrogens with one attached hydrogen (secondary N) is 2. The van der Waals surface area contributed by atoms with E-state index < -0.39 is 18.1 Å². The first-order valence-corrected chi connectivity index (χ1v) is 5.32. The van der Waals surface area contributed by atoms with Gasteiger partial charge in [-0.05, 0) is 13.5 Å². The number of rotatable bonds is 7. The monoisotopic (exact) mass is 232 g/mol. The van der Waals surface area contributed by atoms with Crippen molar-refractivity contribution >= 4 is 11.9 Å². The molecule has 0 aliphatic heterocycles. The fraction of sp³-hybridized carbons (Fsp3) is 0.800. The molecule has 0 spiro atoms. The number of carbonyl (C=O) groups is 2. The molecule has 0 rings (SSSR count). The molecule has 4 N–H and O–H groups in total. The highest BCUT2D eigenvalue weighted by atomic mass is 16.4. The fourth-order valence-corrected chi connectivity index (χ4v) is 1.14. The second kappa shape index (κ2) is 7.19. The van der Waals surface area contributed by atoms with Crippen LogP contribution in [-0.4, -0.2) is 47.3 Å². The Hall–Kier alpha value is -1.14. The lowest BCUT2D eigenvalue weighted by atomic mass is 10.1. The Morgan fingerprint density at radius 2 is 1.88 bits per heavy atom. The van der Waals surface area contributed by atoms with Crippen LogP contribution >= 0.6 is 0 Å². The van der Waals surface area contributed by atoms with E-state index in [0.29, 0.717) is 6.54 Å². The molecule has 0 saturated heterocycles. The maximum Gasteiger partial charge on any atom is 0.328 e. The summed E-state index contributed by atoms with van der Waals surface area (Å²) < 4.78 is 0. The average molecular weight is 232 g/mol. The summed E-state index contributed by atoms with van der Waals surface area (Å²) in [6.45, 7) is 6.16. The molecule has 0 aliphatic carbocycles. The molecular formula is C10H20N2O4. The van der Waals surface area contributed by atoms with Gasteiger partial charge in [-0.2, -0.15) is 0 Å². The summed E-state index contributed by atoms with van der Waals surface area (Å²) in [5, 5.41) is 23.2. The van der Waals surface area contributed by atoms with Gasteiger partial charge in [0, 0.05) is 12.5 Å². The lowest BCUT2D eigenvalue weighted by molar-refractivity contribution is -0.145. The van der Waals surface area contributed by atoms with E-state index >= 15 is 0 Å². The summed E-state index contributed by atoms with van der Waals surface area (Å²) in [7, 11) is 0. The Morgan fingerprint density at radius 1 is 1.31 bits per heavy atom. The molecular weight excluding hydrogens is 212 g/mol. The van der Waals surface area contributed by atoms with Gasteiger partial charge in [0.2, 0.25) is 5.91 Å². The van der Waals surface area contributed by atoms with Crippen molar-refractivity contribution < 1.29 is 19.8 Å². The van der Waals surface area contributed by atoms with Gasteiger partial charge in [0.25, 0.3) is 0 Å². The number of aliphatic hydroxyl groups excluding tert-OH is 1. The molecule has 94 valence electrons. The number of carboxylic acids is 1. The van der Waals surface area contributed by atoms with Crippen molar-refractivity contribution in [2.24, 2.45) is 5.92 Å². The lowest BCUT2D eigenvalue weighted by Gasteiger charge is -2.19. The van der Waals surface area contributed by atoms with Crippen LogP contribution in [0.15, 0.2) is 0 Å². The minimum absolute atomic E-state index is 0.333. The number of aliphatic hydroxyl groups is 1. The molecule has 0 bridgehead atoms. The van der Waals surface area contributed by atoms with E-state index in [9.17, 15) is 14.7 Å². The molecule has 1 unspecified atom stereocenters. The first kappa shape index (κ1) is 14.9. The Kier molecular flexibility index (Phi) is 6.67. The first-order chi connectivity index (χ1) is 7.40. The van der Waals surface area contributed by atoms with Crippen LogP contribution in [0.2, 0.25) is 0 Å². The van der Waals surface area contributed by atoms with Crippen LogP contribution in [0, 0.1) is 5.92 Å². The summed E-state index contributed by atoms with van der Waals surface area (Å²) in [6, 6.07) is -1.25. The van der Waals surface area contributed by atoms with Gasteiger partial charge in [-0.3, -0.25) is 4.79 Å². The summed E-state index contributed by atoms with van der Waals surface area (Å²) >= 11 is 0. The average Bonchev–Trinajstić information content (AvgIpc) is 2.20. The van der Waals surface area contributed by atoms with Gasteiger partial charge in [0.1, 0.15) is 0 Å². The van der Waals surface area contributed by atoms with Crippen molar-refractivity contribution in [3.8, 4) is 0 Å². The quantitative estimate of drug-likeness (QED) is 0.460. The molecule has 0 saturated carbocycles. The van der Waals surface area contributed by atoms with E-state index in [1.807, 2.05) is 6.92 Å². The highest BCUT2D eigenvalue weighted by molar-refractivity contribution is 5.85. The van der Waals surface area contributed by atoms with Gasteiger partial charge in [0.05, 0.1) is 6.10 Å². The topological polar surface area (TPSA) is 98.7 Å². The Bertz CT molecular complexity index is 243. The molecule has 0 aliphatic rings. The second-order valence-electron chi connectivity index (χ2n) is 3.77. The predicted octanol–water partition coefficient (Wildman–Crippen LogP) is -0.818. The number of hydrogen-bond acceptors (Lipinski definition) is 4. The minimum atomic E-state index is -1.25. The molecule has 3 atom stereocenters. The Morgan fingerprint density at radius 3 is 2.25 bits per heavy atom. The molecule has 0 heterocycles. The zero-order valence-corrected chi connectivity index (χ0v) is 9.86. The normalized spacial score (nSPS) is 16.2. The third-order valence-electron chi connectivity index (χ3n) is 2.19. The van der Waals surface area contributed by atoms with E-state index in [-0.39, 0.29) is 11.8 Å². The number of carbonyl (C=O) groups excluding carboxylic acids is 1. The maximum atomic E-state index is 11.5. The van der Waals surface area contributed by atoms with Crippen LogP contribution in [0.3, 0.4) is 0 Å². The van der Waals surface area contributed by atoms with Gasteiger partial charge < -0.3 is 20.8 Å². The lowest BCUT2D eigenvalue weighted by Crippen LogP contribution is -2.50. The number of hydrogen-bond donors (Lipinski definition) is 4. The zero-order chi connectivity index (χ0) is 12.7. The SMILES string of the molecule is CCNCC(C)C(=O)N[C@H](C(=O)O)[C@@H](C)O. The molecule has 0 aromatic carbocycles. The van der Waals surface area contributed by atoms with Crippen LogP contribution in [-0.2, 0) is 9.59 Å². The summed E-state index contributed by atoms with van der Waals surface area (Å²) in [4.78, 5) is 22.3. The third kappa shape index (κ3) is 5.09. The summed E-state index contributed by atoms with van der Waals surface area (Å²) in [6.07, 6.45) is -1.12. The van der Waals surface area contributed by atoms with E-state index in [1.54, 1.807) is 6.92 Å². The van der Waals surface area contributed by atoms with Crippen molar-refractivity contribution in [3.05, 3.63) is 0 Å². The molecule has 6 heteroatoms. The van der Waals surface area contributed by atoms with E-state index in [0.717, 1.165) is 6.54 Å². The van der Waals surface area contributed by atoms with Crippen molar-refractivity contribution in [1.29, 1.82) is 0 Å². The standard InChI is InChI=1S/C10H20N2O4/c1-4-11-5-6(2)9(14)12-8(7(3)13)10(15)16/h6-8,11,13H,4-5H2,1-3H3,(H,12,14)(H,15,16)/t6?,7-,8+/m1/s1. The van der Waals surface area contributed by atoms with Crippen LogP contribution in [0.4, 0.5) is 0 Å². The second-order valence-corrected chi connectivity index (χ2v) is 3.77.